The molecular weight excluding hydrogens is 260 g/mol. The lowest BCUT2D eigenvalue weighted by molar-refractivity contribution is 0.251. The Hall–Kier alpha value is -2.00. The summed E-state index contributed by atoms with van der Waals surface area (Å²) < 4.78 is 0. The van der Waals surface area contributed by atoms with Crippen LogP contribution in [0.3, 0.4) is 0 Å². The smallest absolute Gasteiger partial charge is 0.322 e. The Morgan fingerprint density at radius 3 is 2.42 bits per heavy atom. The molecule has 0 aliphatic carbocycles. The molecule has 0 spiro atoms. The van der Waals surface area contributed by atoms with Gasteiger partial charge in [-0.3, -0.25) is 4.90 Å². The minimum absolute atomic E-state index is 0.00664. The van der Waals surface area contributed by atoms with Crippen molar-refractivity contribution in [3.05, 3.63) is 65.2 Å². The Morgan fingerprint density at radius 2 is 1.74 bits per heavy atom. The zero-order valence-electron chi connectivity index (χ0n) is 10.2. The molecule has 1 saturated heterocycles. The van der Waals surface area contributed by atoms with Crippen LogP contribution in [0.1, 0.15) is 11.6 Å². The Balaban J connectivity index is 1.97. The van der Waals surface area contributed by atoms with Crippen LogP contribution in [-0.2, 0) is 0 Å². The Kier molecular flexibility index (Phi) is 3.13. The van der Waals surface area contributed by atoms with E-state index in [1.54, 1.807) is 4.90 Å². The van der Waals surface area contributed by atoms with Crippen LogP contribution in [0.15, 0.2) is 54.6 Å². The zero-order chi connectivity index (χ0) is 13.2. The van der Waals surface area contributed by atoms with E-state index in [2.05, 4.69) is 5.32 Å². The maximum atomic E-state index is 12.0. The number of nitrogens with one attached hydrogen (secondary N) is 1. The highest BCUT2D eigenvalue weighted by Crippen LogP contribution is 2.30. The summed E-state index contributed by atoms with van der Waals surface area (Å²) in [6.45, 7) is 0.607. The van der Waals surface area contributed by atoms with E-state index in [0.29, 0.717) is 11.6 Å². The minimum atomic E-state index is -0.0637. The maximum Gasteiger partial charge on any atom is 0.322 e. The maximum absolute atomic E-state index is 12.0. The van der Waals surface area contributed by atoms with E-state index in [-0.39, 0.29) is 12.1 Å². The van der Waals surface area contributed by atoms with Crippen LogP contribution in [0.25, 0.3) is 0 Å². The average molecular weight is 273 g/mol. The molecule has 2 amide bonds. The monoisotopic (exact) mass is 272 g/mol. The third-order valence-electron chi connectivity index (χ3n) is 3.27. The quantitative estimate of drug-likeness (QED) is 0.890. The van der Waals surface area contributed by atoms with Gasteiger partial charge in [-0.25, -0.2) is 4.79 Å². The van der Waals surface area contributed by atoms with Gasteiger partial charge < -0.3 is 5.32 Å². The van der Waals surface area contributed by atoms with Crippen molar-refractivity contribution in [3.8, 4) is 0 Å². The lowest BCUT2D eigenvalue weighted by Crippen LogP contribution is -2.29. The number of rotatable bonds is 2. The minimum Gasteiger partial charge on any atom is -0.335 e. The number of carbonyl (C=O) groups excluding carboxylic acids is 1. The van der Waals surface area contributed by atoms with Gasteiger partial charge in [-0.15, -0.1) is 0 Å². The summed E-state index contributed by atoms with van der Waals surface area (Å²) in [6, 6.07) is 17.2. The molecule has 1 atom stereocenters. The number of anilines is 1. The van der Waals surface area contributed by atoms with Gasteiger partial charge in [0.15, 0.2) is 0 Å². The van der Waals surface area contributed by atoms with Gasteiger partial charge in [0, 0.05) is 17.3 Å². The molecule has 3 nitrogen and oxygen atoms in total. The van der Waals surface area contributed by atoms with Crippen LogP contribution in [0.2, 0.25) is 5.02 Å². The number of hydrogen-bond acceptors (Lipinski definition) is 1. The molecule has 0 aromatic heterocycles. The fraction of sp³-hybridized carbons (Fsp3) is 0.133. The number of hydrogen-bond donors (Lipinski definition) is 1. The number of carbonyl (C=O) groups is 1. The molecule has 1 unspecified atom stereocenters. The van der Waals surface area contributed by atoms with Gasteiger partial charge >= 0.3 is 6.03 Å². The fourth-order valence-electron chi connectivity index (χ4n) is 2.34. The highest BCUT2D eigenvalue weighted by atomic mass is 35.5. The van der Waals surface area contributed by atoms with Crippen LogP contribution < -0.4 is 10.2 Å². The zero-order valence-corrected chi connectivity index (χ0v) is 11.0. The number of halogens is 1. The van der Waals surface area contributed by atoms with E-state index in [0.717, 1.165) is 11.3 Å². The van der Waals surface area contributed by atoms with Crippen molar-refractivity contribution in [2.24, 2.45) is 0 Å². The van der Waals surface area contributed by atoms with Gasteiger partial charge in [0.2, 0.25) is 0 Å². The molecule has 0 saturated carbocycles. The predicted octanol–water partition coefficient (Wildman–Crippen LogP) is 3.61. The Labute approximate surface area is 116 Å². The van der Waals surface area contributed by atoms with E-state index in [1.807, 2.05) is 54.6 Å². The molecule has 1 heterocycles. The molecule has 1 aliphatic rings. The molecule has 2 aromatic rings. The predicted molar refractivity (Wildman–Crippen MR) is 76.5 cm³/mol. The largest absolute Gasteiger partial charge is 0.335 e. The lowest BCUT2D eigenvalue weighted by Gasteiger charge is -2.23. The second-order valence-corrected chi connectivity index (χ2v) is 4.90. The van der Waals surface area contributed by atoms with Crippen LogP contribution in [0.5, 0.6) is 0 Å². The van der Waals surface area contributed by atoms with E-state index in [1.165, 1.54) is 0 Å². The van der Waals surface area contributed by atoms with E-state index < -0.39 is 0 Å². The van der Waals surface area contributed by atoms with Crippen LogP contribution in [0.4, 0.5) is 10.5 Å². The van der Waals surface area contributed by atoms with Crippen molar-refractivity contribution in [2.75, 3.05) is 11.4 Å². The first kappa shape index (κ1) is 12.1. The topological polar surface area (TPSA) is 32.3 Å². The molecule has 19 heavy (non-hydrogen) atoms. The number of urea groups is 1. The SMILES string of the molecule is O=C1NCC(c2ccc(Cl)cc2)N1c1ccccc1. The number of amides is 2. The van der Waals surface area contributed by atoms with Crippen LogP contribution in [-0.4, -0.2) is 12.6 Å². The normalized spacial score (nSPS) is 18.5. The molecule has 1 aliphatic heterocycles. The molecule has 3 rings (SSSR count). The molecule has 1 N–H and O–H groups in total. The van der Waals surface area contributed by atoms with Crippen molar-refractivity contribution in [2.45, 2.75) is 6.04 Å². The summed E-state index contributed by atoms with van der Waals surface area (Å²) in [5.74, 6) is 0. The van der Waals surface area contributed by atoms with Crippen molar-refractivity contribution >= 4 is 23.3 Å². The Morgan fingerprint density at radius 1 is 1.05 bits per heavy atom. The van der Waals surface area contributed by atoms with Gasteiger partial charge in [0.25, 0.3) is 0 Å². The summed E-state index contributed by atoms with van der Waals surface area (Å²) in [6.07, 6.45) is 0. The first-order valence-corrected chi connectivity index (χ1v) is 6.51. The van der Waals surface area contributed by atoms with E-state index in [9.17, 15) is 4.79 Å². The van der Waals surface area contributed by atoms with Gasteiger partial charge in [-0.2, -0.15) is 0 Å². The number of nitrogens with zero attached hydrogens (tertiary/aromatic N) is 1. The summed E-state index contributed by atoms with van der Waals surface area (Å²) in [7, 11) is 0. The summed E-state index contributed by atoms with van der Waals surface area (Å²) in [4.78, 5) is 13.8. The first-order valence-electron chi connectivity index (χ1n) is 6.13. The second kappa shape index (κ2) is 4.94. The van der Waals surface area contributed by atoms with Crippen molar-refractivity contribution in [3.63, 3.8) is 0 Å². The van der Waals surface area contributed by atoms with Crippen molar-refractivity contribution < 1.29 is 4.79 Å². The standard InChI is InChI=1S/C15H13ClN2O/c16-12-8-6-11(7-9-12)14-10-17-15(19)18(14)13-4-2-1-3-5-13/h1-9,14H,10H2,(H,17,19). The molecule has 4 heteroatoms. The molecule has 0 bridgehead atoms. The molecule has 96 valence electrons. The van der Waals surface area contributed by atoms with Crippen molar-refractivity contribution in [1.29, 1.82) is 0 Å². The molecule has 0 radical (unpaired) electrons. The van der Waals surface area contributed by atoms with Crippen LogP contribution >= 0.6 is 11.6 Å². The van der Waals surface area contributed by atoms with E-state index >= 15 is 0 Å². The third-order valence-corrected chi connectivity index (χ3v) is 3.52. The molecule has 2 aromatic carbocycles. The van der Waals surface area contributed by atoms with Crippen molar-refractivity contribution in [1.82, 2.24) is 5.32 Å². The summed E-state index contributed by atoms with van der Waals surface area (Å²) in [5.41, 5.74) is 1.98. The Bertz CT molecular complexity index is 583. The lowest BCUT2D eigenvalue weighted by atomic mass is 10.1. The van der Waals surface area contributed by atoms with Crippen LogP contribution in [0, 0.1) is 0 Å². The van der Waals surface area contributed by atoms with Gasteiger partial charge in [0.1, 0.15) is 0 Å². The van der Waals surface area contributed by atoms with Gasteiger partial charge in [-0.05, 0) is 29.8 Å². The number of benzene rings is 2. The third kappa shape index (κ3) is 2.29. The fourth-order valence-corrected chi connectivity index (χ4v) is 2.47. The first-order chi connectivity index (χ1) is 9.25. The summed E-state index contributed by atoms with van der Waals surface area (Å²) in [5, 5.41) is 3.59. The number of para-hydroxylation sites is 1. The van der Waals surface area contributed by atoms with Gasteiger partial charge in [0.05, 0.1) is 6.04 Å². The molecule has 1 fully saturated rings. The molecular formula is C15H13ClN2O. The highest BCUT2D eigenvalue weighted by Gasteiger charge is 2.32. The average Bonchev–Trinajstić information content (AvgIpc) is 2.82. The van der Waals surface area contributed by atoms with E-state index in [4.69, 9.17) is 11.6 Å². The second-order valence-electron chi connectivity index (χ2n) is 4.46. The summed E-state index contributed by atoms with van der Waals surface area (Å²) >= 11 is 5.90. The highest BCUT2D eigenvalue weighted by molar-refractivity contribution is 6.30. The van der Waals surface area contributed by atoms with Gasteiger partial charge in [-0.1, -0.05) is 41.9 Å².